The molecule has 9 rings (SSSR count). The van der Waals surface area contributed by atoms with Gasteiger partial charge in [0.25, 0.3) is 23.6 Å². The fourth-order valence-corrected chi connectivity index (χ4v) is 11.5. The Balaban J connectivity index is 0.834. The maximum absolute atomic E-state index is 14.0. The molecule has 0 bridgehead atoms. The van der Waals surface area contributed by atoms with Gasteiger partial charge in [0.1, 0.15) is 24.0 Å². The van der Waals surface area contributed by atoms with E-state index in [2.05, 4.69) is 55.7 Å². The monoisotopic (exact) mass is 802 g/mol. The molecule has 1 atom stereocenters. The van der Waals surface area contributed by atoms with Gasteiger partial charge >= 0.3 is 0 Å². The summed E-state index contributed by atoms with van der Waals surface area (Å²) in [5.74, 6) is -1.08. The van der Waals surface area contributed by atoms with E-state index >= 15 is 0 Å². The highest BCUT2D eigenvalue weighted by Crippen LogP contribution is 2.59. The van der Waals surface area contributed by atoms with E-state index in [1.165, 1.54) is 7.05 Å². The van der Waals surface area contributed by atoms with Crippen LogP contribution in [0.2, 0.25) is 5.02 Å². The van der Waals surface area contributed by atoms with E-state index in [-0.39, 0.29) is 47.6 Å². The number of amides is 5. The maximum atomic E-state index is 14.0. The van der Waals surface area contributed by atoms with Crippen LogP contribution in [0, 0.1) is 22.2 Å². The highest BCUT2D eigenvalue weighted by Gasteiger charge is 2.67. The Labute approximate surface area is 343 Å². The zero-order valence-electron chi connectivity index (χ0n) is 33.5. The number of nitriles is 1. The second kappa shape index (κ2) is 13.7. The SMILES string of the molecule is CN1C(=O)CCC(N2C(=O)c3cc4c(cc3C2=O)CN(C2CCN(c3ccc5c(c3)CN(C3C(C)(C)C(Oc6ccc(C#N)c(Cl)c6)C3(C)C)C5=O)CC2)CC4)C1=O. The van der Waals surface area contributed by atoms with Crippen LogP contribution >= 0.6 is 11.6 Å². The third kappa shape index (κ3) is 5.83. The second-order valence-corrected chi connectivity index (χ2v) is 18.4. The van der Waals surface area contributed by atoms with E-state index in [0.29, 0.717) is 46.6 Å². The second-order valence-electron chi connectivity index (χ2n) is 18.0. The summed E-state index contributed by atoms with van der Waals surface area (Å²) < 4.78 is 6.50. The van der Waals surface area contributed by atoms with Crippen molar-refractivity contribution in [2.45, 2.75) is 97.1 Å². The summed E-state index contributed by atoms with van der Waals surface area (Å²) in [7, 11) is 1.40. The van der Waals surface area contributed by atoms with Crippen molar-refractivity contribution < 1.29 is 28.7 Å². The number of carbonyl (C=O) groups is 5. The Morgan fingerprint density at radius 2 is 1.45 bits per heavy atom. The predicted molar refractivity (Wildman–Crippen MR) is 215 cm³/mol. The molecule has 5 aliphatic heterocycles. The number of likely N-dealkylation sites (N-methyl/N-ethyl adjacent to an activating group) is 1. The Kier molecular flexibility index (Phi) is 9.02. The van der Waals surface area contributed by atoms with Crippen LogP contribution in [0.1, 0.15) is 107 Å². The number of likely N-dealkylation sites (tertiary alicyclic amines) is 1. The van der Waals surface area contributed by atoms with Gasteiger partial charge in [-0.25, -0.2) is 0 Å². The van der Waals surface area contributed by atoms with Gasteiger partial charge in [-0.2, -0.15) is 5.26 Å². The van der Waals surface area contributed by atoms with Gasteiger partial charge in [-0.05, 0) is 84.8 Å². The lowest BCUT2D eigenvalue weighted by atomic mass is 9.49. The van der Waals surface area contributed by atoms with Gasteiger partial charge in [-0.3, -0.25) is 38.7 Å². The number of fused-ring (bicyclic) bond motifs is 3. The minimum Gasteiger partial charge on any atom is -0.489 e. The number of ether oxygens (including phenoxy) is 1. The minimum absolute atomic E-state index is 0.0487. The first-order chi connectivity index (χ1) is 27.6. The Morgan fingerprint density at radius 3 is 2.12 bits per heavy atom. The van der Waals surface area contributed by atoms with E-state index in [9.17, 15) is 29.2 Å². The van der Waals surface area contributed by atoms with Crippen molar-refractivity contribution in [1.29, 1.82) is 5.26 Å². The largest absolute Gasteiger partial charge is 0.489 e. The zero-order chi connectivity index (χ0) is 41.0. The van der Waals surface area contributed by atoms with Crippen molar-refractivity contribution in [1.82, 2.24) is 19.6 Å². The molecule has 6 aliphatic rings. The molecule has 3 fully saturated rings. The third-order valence-electron chi connectivity index (χ3n) is 13.9. The smallest absolute Gasteiger partial charge is 0.262 e. The highest BCUT2D eigenvalue weighted by molar-refractivity contribution is 6.31. The van der Waals surface area contributed by atoms with Crippen molar-refractivity contribution in [3.8, 4) is 11.8 Å². The predicted octanol–water partition coefficient (Wildman–Crippen LogP) is 5.82. The molecule has 0 N–H and O–H groups in total. The number of piperidine rings is 2. The molecule has 0 aromatic heterocycles. The van der Waals surface area contributed by atoms with E-state index in [4.69, 9.17) is 16.3 Å². The fourth-order valence-electron chi connectivity index (χ4n) is 11.3. The maximum Gasteiger partial charge on any atom is 0.262 e. The van der Waals surface area contributed by atoms with E-state index in [1.807, 2.05) is 23.1 Å². The standard InChI is InChI=1S/C45H47ClN6O6/c1-44(2)42(45(3,4)43(44)58-31-8-6-26(22-47)35(46)21-31)51-24-28-18-30(7-9-32(28)38(51)54)49-16-13-29(14-17-49)50-15-12-25-19-33-34(20-27(25)23-50)40(56)52(39(33)55)36-10-11-37(53)48(5)41(36)57/h6-9,18-21,29,36,42-43H,10-17,23-24H2,1-5H3. The van der Waals surface area contributed by atoms with Crippen LogP contribution in [0.5, 0.6) is 5.75 Å². The topological polar surface area (TPSA) is 135 Å². The number of benzene rings is 3. The van der Waals surface area contributed by atoms with Gasteiger partial charge in [0.05, 0.1) is 21.7 Å². The first kappa shape index (κ1) is 38.3. The molecule has 58 heavy (non-hydrogen) atoms. The molecule has 5 amide bonds. The fraction of sp³-hybridized carbons (Fsp3) is 0.467. The molecular weight excluding hydrogens is 756 g/mol. The summed E-state index contributed by atoms with van der Waals surface area (Å²) in [6.07, 6.45) is 2.80. The molecule has 5 heterocycles. The van der Waals surface area contributed by atoms with Crippen molar-refractivity contribution in [3.63, 3.8) is 0 Å². The molecule has 12 nitrogen and oxygen atoms in total. The van der Waals surface area contributed by atoms with Crippen LogP contribution in [0.4, 0.5) is 5.69 Å². The lowest BCUT2D eigenvalue weighted by Crippen LogP contribution is -2.74. The van der Waals surface area contributed by atoms with Crippen molar-refractivity contribution >= 4 is 46.8 Å². The molecular formula is C45H47ClN6O6. The summed E-state index contributed by atoms with van der Waals surface area (Å²) >= 11 is 6.31. The van der Waals surface area contributed by atoms with E-state index in [1.54, 1.807) is 18.2 Å². The molecule has 2 saturated heterocycles. The lowest BCUT2D eigenvalue weighted by molar-refractivity contribution is -0.199. The van der Waals surface area contributed by atoms with Crippen molar-refractivity contribution in [2.24, 2.45) is 10.8 Å². The lowest BCUT2D eigenvalue weighted by Gasteiger charge is -2.65. The van der Waals surface area contributed by atoms with E-state index in [0.717, 1.165) is 76.6 Å². The van der Waals surface area contributed by atoms with Crippen LogP contribution in [0.25, 0.3) is 0 Å². The molecule has 3 aromatic carbocycles. The van der Waals surface area contributed by atoms with Crippen LogP contribution in [-0.2, 0) is 29.1 Å². The Bertz CT molecular complexity index is 2340. The highest BCUT2D eigenvalue weighted by atomic mass is 35.5. The first-order valence-corrected chi connectivity index (χ1v) is 20.6. The van der Waals surface area contributed by atoms with E-state index < -0.39 is 23.8 Å². The Morgan fingerprint density at radius 1 is 0.759 bits per heavy atom. The number of hydrogen-bond donors (Lipinski definition) is 0. The summed E-state index contributed by atoms with van der Waals surface area (Å²) in [5, 5.41) is 9.64. The molecule has 13 heteroatoms. The summed E-state index contributed by atoms with van der Waals surface area (Å²) in [4.78, 5) is 75.0. The number of carbonyl (C=O) groups excluding carboxylic acids is 5. The van der Waals surface area contributed by atoms with Crippen LogP contribution in [0.15, 0.2) is 48.5 Å². The minimum atomic E-state index is -0.961. The van der Waals surface area contributed by atoms with Crippen LogP contribution in [-0.4, -0.2) is 100 Å². The number of hydrogen-bond acceptors (Lipinski definition) is 9. The molecule has 3 aromatic rings. The zero-order valence-corrected chi connectivity index (χ0v) is 34.3. The quantitative estimate of drug-likeness (QED) is 0.283. The van der Waals surface area contributed by atoms with Gasteiger partial charge in [-0.1, -0.05) is 39.3 Å². The number of nitrogens with zero attached hydrogens (tertiary/aromatic N) is 6. The molecule has 1 saturated carbocycles. The summed E-state index contributed by atoms with van der Waals surface area (Å²) in [6, 6.07) is 16.5. The third-order valence-corrected chi connectivity index (χ3v) is 14.2. The number of rotatable bonds is 6. The molecule has 1 unspecified atom stereocenters. The summed E-state index contributed by atoms with van der Waals surface area (Å²) in [5.41, 5.74) is 5.42. The van der Waals surface area contributed by atoms with Gasteiger partial charge in [-0.15, -0.1) is 0 Å². The van der Waals surface area contributed by atoms with Gasteiger partial charge in [0.15, 0.2) is 0 Å². The first-order valence-electron chi connectivity index (χ1n) is 20.2. The molecule has 0 spiro atoms. The number of halogens is 1. The van der Waals surface area contributed by atoms with Gasteiger partial charge in [0.2, 0.25) is 5.91 Å². The number of anilines is 1. The Hall–Kier alpha value is -5.25. The van der Waals surface area contributed by atoms with Crippen LogP contribution < -0.4 is 9.64 Å². The average molecular weight is 803 g/mol. The van der Waals surface area contributed by atoms with Crippen molar-refractivity contribution in [2.75, 3.05) is 31.6 Å². The summed E-state index contributed by atoms with van der Waals surface area (Å²) in [6.45, 7) is 12.4. The average Bonchev–Trinajstić information content (AvgIpc) is 3.64. The molecule has 300 valence electrons. The van der Waals surface area contributed by atoms with Crippen LogP contribution in [0.3, 0.4) is 0 Å². The van der Waals surface area contributed by atoms with Crippen molar-refractivity contribution in [3.05, 3.63) is 92.5 Å². The molecule has 0 radical (unpaired) electrons. The number of imide groups is 2. The van der Waals surface area contributed by atoms with Gasteiger partial charge in [0, 0.05) is 86.4 Å². The van der Waals surface area contributed by atoms with Gasteiger partial charge < -0.3 is 14.5 Å². The molecule has 1 aliphatic carbocycles. The normalized spacial score (nSPS) is 25.4.